The van der Waals surface area contributed by atoms with Gasteiger partial charge in [-0.2, -0.15) is 0 Å². The molecule has 0 fully saturated rings. The minimum absolute atomic E-state index is 0.271. The largest absolute Gasteiger partial charge is 0.318 e. The number of halogens is 1. The Labute approximate surface area is 98.3 Å². The minimum Gasteiger partial charge on any atom is -0.318 e. The molecule has 0 aliphatic rings. The summed E-state index contributed by atoms with van der Waals surface area (Å²) in [6, 6.07) is 6.61. The molecular weight excluding hydrogens is 280 g/mol. The van der Waals surface area contributed by atoms with Gasteiger partial charge in [0, 0.05) is 17.6 Å². The van der Waals surface area contributed by atoms with Crippen LogP contribution in [0.5, 0.6) is 0 Å². The number of sulfonamides is 1. The maximum absolute atomic E-state index is 11.7. The molecule has 0 spiro atoms. The summed E-state index contributed by atoms with van der Waals surface area (Å²) >= 11 is 3.23. The molecule has 1 aromatic rings. The van der Waals surface area contributed by atoms with Gasteiger partial charge < -0.3 is 5.32 Å². The lowest BCUT2D eigenvalue weighted by Crippen LogP contribution is -2.30. The molecule has 0 amide bonds. The van der Waals surface area contributed by atoms with Crippen molar-refractivity contribution >= 4 is 26.0 Å². The van der Waals surface area contributed by atoms with Gasteiger partial charge in [-0.15, -0.1) is 0 Å². The Hall–Kier alpha value is -0.430. The van der Waals surface area contributed by atoms with Crippen molar-refractivity contribution in [1.29, 1.82) is 0 Å². The average molecular weight is 293 g/mol. The highest BCUT2D eigenvalue weighted by atomic mass is 79.9. The third-order valence-corrected chi connectivity index (χ3v) is 3.73. The molecular formula is C9H13BrN2O2S. The van der Waals surface area contributed by atoms with E-state index < -0.39 is 10.0 Å². The number of nitrogens with one attached hydrogen (secondary N) is 2. The molecule has 0 atom stereocenters. The SMILES string of the molecule is CNCCNS(=O)(=O)c1cccc(Br)c1. The van der Waals surface area contributed by atoms with E-state index in [1.807, 2.05) is 0 Å². The van der Waals surface area contributed by atoms with E-state index in [-0.39, 0.29) is 4.90 Å². The smallest absolute Gasteiger partial charge is 0.240 e. The molecule has 1 aromatic carbocycles. The van der Waals surface area contributed by atoms with E-state index in [2.05, 4.69) is 26.0 Å². The summed E-state index contributed by atoms with van der Waals surface area (Å²) in [4.78, 5) is 0.271. The summed E-state index contributed by atoms with van der Waals surface area (Å²) in [5.74, 6) is 0. The van der Waals surface area contributed by atoms with E-state index in [0.29, 0.717) is 13.1 Å². The lowest BCUT2D eigenvalue weighted by Gasteiger charge is -2.06. The zero-order valence-electron chi connectivity index (χ0n) is 8.33. The summed E-state index contributed by atoms with van der Waals surface area (Å²) in [5.41, 5.74) is 0. The minimum atomic E-state index is -3.38. The van der Waals surface area contributed by atoms with Gasteiger partial charge in [0.05, 0.1) is 4.90 Å². The fourth-order valence-corrected chi connectivity index (χ4v) is 2.66. The molecule has 1 rings (SSSR count). The maximum Gasteiger partial charge on any atom is 0.240 e. The van der Waals surface area contributed by atoms with Crippen LogP contribution in [0.15, 0.2) is 33.6 Å². The van der Waals surface area contributed by atoms with Crippen molar-refractivity contribution in [1.82, 2.24) is 10.0 Å². The highest BCUT2D eigenvalue weighted by molar-refractivity contribution is 9.10. The molecule has 0 aromatic heterocycles. The average Bonchev–Trinajstić information content (AvgIpc) is 2.18. The quantitative estimate of drug-likeness (QED) is 0.795. The van der Waals surface area contributed by atoms with Gasteiger partial charge in [-0.3, -0.25) is 0 Å². The molecule has 6 heteroatoms. The van der Waals surface area contributed by atoms with Crippen LogP contribution in [0.4, 0.5) is 0 Å². The van der Waals surface area contributed by atoms with E-state index in [1.54, 1.807) is 31.3 Å². The van der Waals surface area contributed by atoms with E-state index in [0.717, 1.165) is 4.47 Å². The Morgan fingerprint density at radius 2 is 2.07 bits per heavy atom. The number of hydrogen-bond donors (Lipinski definition) is 2. The van der Waals surface area contributed by atoms with Crippen molar-refractivity contribution < 1.29 is 8.42 Å². The Balaban J connectivity index is 2.77. The first-order valence-corrected chi connectivity index (χ1v) is 6.74. The molecule has 15 heavy (non-hydrogen) atoms. The van der Waals surface area contributed by atoms with E-state index in [1.165, 1.54) is 0 Å². The number of likely N-dealkylation sites (N-methyl/N-ethyl adjacent to an activating group) is 1. The highest BCUT2D eigenvalue weighted by Crippen LogP contribution is 2.15. The van der Waals surface area contributed by atoms with Gasteiger partial charge in [0.25, 0.3) is 0 Å². The van der Waals surface area contributed by atoms with Crippen LogP contribution < -0.4 is 10.0 Å². The second-order valence-electron chi connectivity index (χ2n) is 2.96. The van der Waals surface area contributed by atoms with Crippen molar-refractivity contribution in [2.75, 3.05) is 20.1 Å². The van der Waals surface area contributed by atoms with E-state index >= 15 is 0 Å². The summed E-state index contributed by atoms with van der Waals surface area (Å²) < 4.78 is 26.6. The lowest BCUT2D eigenvalue weighted by molar-refractivity contribution is 0.579. The van der Waals surface area contributed by atoms with E-state index in [9.17, 15) is 8.42 Å². The van der Waals surface area contributed by atoms with Gasteiger partial charge in [-0.05, 0) is 25.2 Å². The van der Waals surface area contributed by atoms with Crippen LogP contribution in [0.3, 0.4) is 0 Å². The summed E-state index contributed by atoms with van der Waals surface area (Å²) in [5, 5.41) is 2.87. The van der Waals surface area contributed by atoms with Gasteiger partial charge >= 0.3 is 0 Å². The molecule has 84 valence electrons. The fourth-order valence-electron chi connectivity index (χ4n) is 1.03. The van der Waals surface area contributed by atoms with Crippen molar-refractivity contribution in [3.05, 3.63) is 28.7 Å². The summed E-state index contributed by atoms with van der Waals surface area (Å²) in [6.45, 7) is 0.985. The summed E-state index contributed by atoms with van der Waals surface area (Å²) in [6.07, 6.45) is 0. The maximum atomic E-state index is 11.7. The predicted molar refractivity (Wildman–Crippen MR) is 63.3 cm³/mol. The van der Waals surface area contributed by atoms with Crippen LogP contribution in [-0.4, -0.2) is 28.6 Å². The first-order valence-electron chi connectivity index (χ1n) is 4.46. The number of rotatable bonds is 5. The number of hydrogen-bond acceptors (Lipinski definition) is 3. The Morgan fingerprint density at radius 1 is 1.33 bits per heavy atom. The second kappa shape index (κ2) is 5.60. The molecule has 0 saturated heterocycles. The first-order chi connectivity index (χ1) is 7.06. The Morgan fingerprint density at radius 3 is 2.67 bits per heavy atom. The standard InChI is InChI=1S/C9H13BrN2O2S/c1-11-5-6-12-15(13,14)9-4-2-3-8(10)7-9/h2-4,7,11-12H,5-6H2,1H3. The van der Waals surface area contributed by atoms with Crippen LogP contribution in [0.1, 0.15) is 0 Å². The Kier molecular flexibility index (Phi) is 4.72. The molecule has 0 saturated carbocycles. The zero-order chi connectivity index (χ0) is 11.3. The third kappa shape index (κ3) is 3.90. The number of benzene rings is 1. The lowest BCUT2D eigenvalue weighted by atomic mass is 10.4. The third-order valence-electron chi connectivity index (χ3n) is 1.77. The van der Waals surface area contributed by atoms with Crippen molar-refractivity contribution in [2.45, 2.75) is 4.90 Å². The fraction of sp³-hybridized carbons (Fsp3) is 0.333. The highest BCUT2D eigenvalue weighted by Gasteiger charge is 2.12. The van der Waals surface area contributed by atoms with Crippen LogP contribution >= 0.6 is 15.9 Å². The second-order valence-corrected chi connectivity index (χ2v) is 5.64. The molecule has 0 bridgehead atoms. The van der Waals surface area contributed by atoms with Crippen LogP contribution in [-0.2, 0) is 10.0 Å². The van der Waals surface area contributed by atoms with Gasteiger partial charge in [0.2, 0.25) is 10.0 Å². The van der Waals surface area contributed by atoms with Crippen molar-refractivity contribution in [3.63, 3.8) is 0 Å². The van der Waals surface area contributed by atoms with Gasteiger partial charge in [-0.1, -0.05) is 22.0 Å². The predicted octanol–water partition coefficient (Wildman–Crippen LogP) is 0.947. The normalized spacial score (nSPS) is 11.6. The molecule has 4 nitrogen and oxygen atoms in total. The Bertz CT molecular complexity index is 420. The molecule has 0 unspecified atom stereocenters. The van der Waals surface area contributed by atoms with Crippen LogP contribution in [0.25, 0.3) is 0 Å². The molecule has 0 radical (unpaired) electrons. The zero-order valence-corrected chi connectivity index (χ0v) is 10.7. The molecule has 2 N–H and O–H groups in total. The van der Waals surface area contributed by atoms with Gasteiger partial charge in [0.15, 0.2) is 0 Å². The van der Waals surface area contributed by atoms with Crippen molar-refractivity contribution in [2.24, 2.45) is 0 Å². The van der Waals surface area contributed by atoms with Crippen molar-refractivity contribution in [3.8, 4) is 0 Å². The topological polar surface area (TPSA) is 58.2 Å². The van der Waals surface area contributed by atoms with Gasteiger partial charge in [-0.25, -0.2) is 13.1 Å². The molecule has 0 aliphatic heterocycles. The van der Waals surface area contributed by atoms with Gasteiger partial charge in [0.1, 0.15) is 0 Å². The first kappa shape index (κ1) is 12.6. The van der Waals surface area contributed by atoms with Crippen LogP contribution in [0.2, 0.25) is 0 Å². The van der Waals surface area contributed by atoms with E-state index in [4.69, 9.17) is 0 Å². The monoisotopic (exact) mass is 292 g/mol. The van der Waals surface area contributed by atoms with Crippen LogP contribution in [0, 0.1) is 0 Å². The molecule has 0 heterocycles. The summed E-state index contributed by atoms with van der Waals surface area (Å²) in [7, 11) is -1.60. The molecule has 0 aliphatic carbocycles.